The SMILES string of the molecule is CC(C)C1OC2(COC(C)(C)C2)NCC12CC2. The van der Waals surface area contributed by atoms with Crippen LogP contribution in [-0.2, 0) is 9.47 Å². The van der Waals surface area contributed by atoms with Gasteiger partial charge in [0.15, 0.2) is 0 Å². The van der Waals surface area contributed by atoms with E-state index >= 15 is 0 Å². The van der Waals surface area contributed by atoms with Gasteiger partial charge in [-0.2, -0.15) is 0 Å². The van der Waals surface area contributed by atoms with Crippen molar-refractivity contribution in [1.82, 2.24) is 5.32 Å². The van der Waals surface area contributed by atoms with Gasteiger partial charge in [0, 0.05) is 18.4 Å². The lowest BCUT2D eigenvalue weighted by Gasteiger charge is -2.45. The molecule has 0 aromatic rings. The second kappa shape index (κ2) is 3.46. The molecule has 3 rings (SSSR count). The van der Waals surface area contributed by atoms with Crippen molar-refractivity contribution in [3.8, 4) is 0 Å². The topological polar surface area (TPSA) is 30.5 Å². The van der Waals surface area contributed by atoms with E-state index in [-0.39, 0.29) is 11.3 Å². The molecular formula is C14H25NO2. The zero-order valence-electron chi connectivity index (χ0n) is 11.5. The van der Waals surface area contributed by atoms with Gasteiger partial charge in [-0.15, -0.1) is 0 Å². The van der Waals surface area contributed by atoms with Gasteiger partial charge in [0.2, 0.25) is 0 Å². The van der Waals surface area contributed by atoms with Crippen LogP contribution in [0, 0.1) is 11.3 Å². The van der Waals surface area contributed by atoms with Crippen molar-refractivity contribution in [2.75, 3.05) is 13.2 Å². The van der Waals surface area contributed by atoms with Gasteiger partial charge in [0.05, 0.1) is 18.3 Å². The summed E-state index contributed by atoms with van der Waals surface area (Å²) in [4.78, 5) is 0. The van der Waals surface area contributed by atoms with E-state index in [0.29, 0.717) is 24.0 Å². The predicted molar refractivity (Wildman–Crippen MR) is 66.8 cm³/mol. The largest absolute Gasteiger partial charge is 0.371 e. The van der Waals surface area contributed by atoms with E-state index in [9.17, 15) is 0 Å². The van der Waals surface area contributed by atoms with Gasteiger partial charge in [-0.25, -0.2) is 0 Å². The average Bonchev–Trinajstić information content (AvgIpc) is 2.94. The Labute approximate surface area is 104 Å². The third kappa shape index (κ3) is 1.92. The summed E-state index contributed by atoms with van der Waals surface area (Å²) in [6.45, 7) is 10.7. The minimum absolute atomic E-state index is 0.0530. The molecule has 2 atom stereocenters. The van der Waals surface area contributed by atoms with E-state index in [2.05, 4.69) is 33.0 Å². The summed E-state index contributed by atoms with van der Waals surface area (Å²) in [6, 6.07) is 0. The molecule has 2 aliphatic heterocycles. The van der Waals surface area contributed by atoms with Crippen LogP contribution >= 0.6 is 0 Å². The standard InChI is InChI=1S/C14H25NO2/c1-10(2)11-13(5-6-13)8-15-14(17-11)7-12(3,4)16-9-14/h10-11,15H,5-9H2,1-4H3. The average molecular weight is 239 g/mol. The van der Waals surface area contributed by atoms with Gasteiger partial charge in [-0.05, 0) is 32.6 Å². The number of hydrogen-bond acceptors (Lipinski definition) is 3. The van der Waals surface area contributed by atoms with Crippen LogP contribution in [0.25, 0.3) is 0 Å². The first-order valence-corrected chi connectivity index (χ1v) is 6.93. The number of ether oxygens (including phenoxy) is 2. The van der Waals surface area contributed by atoms with Crippen LogP contribution in [0.3, 0.4) is 0 Å². The maximum Gasteiger partial charge on any atom is 0.145 e. The molecule has 2 unspecified atom stereocenters. The summed E-state index contributed by atoms with van der Waals surface area (Å²) >= 11 is 0. The van der Waals surface area contributed by atoms with Crippen molar-refractivity contribution in [2.24, 2.45) is 11.3 Å². The minimum atomic E-state index is -0.216. The van der Waals surface area contributed by atoms with E-state index in [1.165, 1.54) is 12.8 Å². The van der Waals surface area contributed by atoms with Crippen molar-refractivity contribution in [1.29, 1.82) is 0 Å². The Morgan fingerprint density at radius 2 is 1.94 bits per heavy atom. The second-order valence-electron chi connectivity index (χ2n) is 7.22. The molecule has 0 aromatic carbocycles. The van der Waals surface area contributed by atoms with Gasteiger partial charge in [0.25, 0.3) is 0 Å². The lowest BCUT2D eigenvalue weighted by molar-refractivity contribution is -0.186. The Bertz CT molecular complexity index is 322. The van der Waals surface area contributed by atoms with Crippen molar-refractivity contribution < 1.29 is 9.47 Å². The Hall–Kier alpha value is -0.120. The lowest BCUT2D eigenvalue weighted by atomic mass is 9.86. The fourth-order valence-electron chi connectivity index (χ4n) is 3.60. The molecule has 0 radical (unpaired) electrons. The van der Waals surface area contributed by atoms with E-state index in [1.54, 1.807) is 0 Å². The first-order valence-electron chi connectivity index (χ1n) is 6.93. The monoisotopic (exact) mass is 239 g/mol. The first-order chi connectivity index (χ1) is 7.87. The van der Waals surface area contributed by atoms with E-state index < -0.39 is 0 Å². The quantitative estimate of drug-likeness (QED) is 0.761. The summed E-state index contributed by atoms with van der Waals surface area (Å²) in [5.41, 5.74) is 0.168. The molecule has 3 heteroatoms. The third-order valence-corrected chi connectivity index (χ3v) is 4.62. The van der Waals surface area contributed by atoms with Gasteiger partial charge in [-0.1, -0.05) is 13.8 Å². The van der Waals surface area contributed by atoms with Crippen LogP contribution in [0.4, 0.5) is 0 Å². The number of hydrogen-bond donors (Lipinski definition) is 1. The predicted octanol–water partition coefficient (Wildman–Crippen LogP) is 2.31. The van der Waals surface area contributed by atoms with Crippen LogP contribution in [0.2, 0.25) is 0 Å². The number of rotatable bonds is 1. The Morgan fingerprint density at radius 1 is 1.24 bits per heavy atom. The molecule has 0 aromatic heterocycles. The Balaban J connectivity index is 1.78. The highest BCUT2D eigenvalue weighted by atomic mass is 16.6. The fourth-order valence-corrected chi connectivity index (χ4v) is 3.60. The van der Waals surface area contributed by atoms with Crippen LogP contribution in [-0.4, -0.2) is 30.6 Å². The minimum Gasteiger partial charge on any atom is -0.371 e. The molecule has 2 heterocycles. The van der Waals surface area contributed by atoms with Gasteiger partial charge < -0.3 is 9.47 Å². The van der Waals surface area contributed by atoms with Crippen molar-refractivity contribution >= 4 is 0 Å². The fraction of sp³-hybridized carbons (Fsp3) is 1.00. The van der Waals surface area contributed by atoms with E-state index in [1.807, 2.05) is 0 Å². The summed E-state index contributed by atoms with van der Waals surface area (Å²) in [5.74, 6) is 0.597. The zero-order chi connectivity index (χ0) is 12.3. The van der Waals surface area contributed by atoms with Crippen molar-refractivity contribution in [3.05, 3.63) is 0 Å². The molecule has 0 amide bonds. The van der Waals surface area contributed by atoms with E-state index in [0.717, 1.165) is 13.0 Å². The van der Waals surface area contributed by atoms with Crippen LogP contribution < -0.4 is 5.32 Å². The summed E-state index contributed by atoms with van der Waals surface area (Å²) < 4.78 is 12.3. The molecule has 1 N–H and O–H groups in total. The van der Waals surface area contributed by atoms with Gasteiger partial charge in [-0.3, -0.25) is 5.32 Å². The first kappa shape index (κ1) is 11.9. The van der Waals surface area contributed by atoms with E-state index in [4.69, 9.17) is 9.47 Å². The molecule has 2 spiro atoms. The molecule has 3 nitrogen and oxygen atoms in total. The van der Waals surface area contributed by atoms with Gasteiger partial charge >= 0.3 is 0 Å². The molecule has 1 saturated carbocycles. The van der Waals surface area contributed by atoms with Crippen LogP contribution in [0.5, 0.6) is 0 Å². The van der Waals surface area contributed by atoms with Crippen LogP contribution in [0.15, 0.2) is 0 Å². The molecule has 3 fully saturated rings. The molecule has 1 aliphatic carbocycles. The lowest BCUT2D eigenvalue weighted by Crippen LogP contribution is -2.61. The normalized spacial score (nSPS) is 42.5. The zero-order valence-corrected chi connectivity index (χ0v) is 11.5. The Morgan fingerprint density at radius 3 is 2.41 bits per heavy atom. The van der Waals surface area contributed by atoms with Crippen LogP contribution in [0.1, 0.15) is 47.0 Å². The number of nitrogens with one attached hydrogen (secondary N) is 1. The molecule has 3 aliphatic rings. The smallest absolute Gasteiger partial charge is 0.145 e. The maximum atomic E-state index is 6.47. The third-order valence-electron chi connectivity index (χ3n) is 4.62. The highest BCUT2D eigenvalue weighted by molar-refractivity contribution is 5.09. The Kier molecular flexibility index (Phi) is 2.43. The molecule has 2 saturated heterocycles. The molecule has 98 valence electrons. The highest BCUT2D eigenvalue weighted by Gasteiger charge is 2.59. The second-order valence-corrected chi connectivity index (χ2v) is 7.22. The maximum absolute atomic E-state index is 6.47. The van der Waals surface area contributed by atoms with Crippen molar-refractivity contribution in [3.63, 3.8) is 0 Å². The summed E-state index contributed by atoms with van der Waals surface area (Å²) in [6.07, 6.45) is 4.01. The molecular weight excluding hydrogens is 214 g/mol. The summed E-state index contributed by atoms with van der Waals surface area (Å²) in [5, 5.41) is 3.64. The highest BCUT2D eigenvalue weighted by Crippen LogP contribution is 2.55. The van der Waals surface area contributed by atoms with Gasteiger partial charge in [0.1, 0.15) is 5.72 Å². The molecule has 17 heavy (non-hydrogen) atoms. The van der Waals surface area contributed by atoms with Crippen molar-refractivity contribution in [2.45, 2.75) is 64.4 Å². The summed E-state index contributed by atoms with van der Waals surface area (Å²) in [7, 11) is 0. The molecule has 0 bridgehead atoms.